The number of fused-ring (bicyclic) bond motifs is 1. The maximum Gasteiger partial charge on any atom is 0.260 e. The Morgan fingerprint density at radius 1 is 1.10 bits per heavy atom. The standard InChI is InChI=1S/C21H20N6O2S/c28-20(13-29-17-7-5-16(6-8-17)27-14-22-24-25-27)26-11-9-15(10-12-26)21-23-18-3-1-2-4-19(18)30-21/h1-8,14-15H,9-13H2. The minimum Gasteiger partial charge on any atom is -0.484 e. The van der Waals surface area contributed by atoms with Crippen LogP contribution in [0.2, 0.25) is 0 Å². The number of carbonyl (C=O) groups excluding carboxylic acids is 1. The maximum absolute atomic E-state index is 12.6. The monoisotopic (exact) mass is 420 g/mol. The van der Waals surface area contributed by atoms with E-state index in [0.717, 1.165) is 37.1 Å². The fourth-order valence-electron chi connectivity index (χ4n) is 3.65. The van der Waals surface area contributed by atoms with Crippen LogP contribution in [0, 0.1) is 0 Å². The van der Waals surface area contributed by atoms with Gasteiger partial charge in [-0.15, -0.1) is 16.4 Å². The molecule has 1 fully saturated rings. The maximum atomic E-state index is 12.6. The molecule has 0 unspecified atom stereocenters. The molecule has 8 nitrogen and oxygen atoms in total. The van der Waals surface area contributed by atoms with E-state index in [0.29, 0.717) is 11.7 Å². The molecule has 0 spiro atoms. The number of ether oxygens (including phenoxy) is 1. The van der Waals surface area contributed by atoms with E-state index in [1.54, 1.807) is 16.0 Å². The van der Waals surface area contributed by atoms with Gasteiger partial charge in [-0.2, -0.15) is 0 Å². The van der Waals surface area contributed by atoms with Crippen molar-refractivity contribution in [2.75, 3.05) is 19.7 Å². The van der Waals surface area contributed by atoms with Crippen LogP contribution in [-0.2, 0) is 4.79 Å². The lowest BCUT2D eigenvalue weighted by molar-refractivity contribution is -0.134. The highest BCUT2D eigenvalue weighted by molar-refractivity contribution is 7.18. The van der Waals surface area contributed by atoms with Crippen LogP contribution in [0.1, 0.15) is 23.8 Å². The van der Waals surface area contributed by atoms with E-state index in [2.05, 4.69) is 27.7 Å². The second kappa shape index (κ2) is 8.19. The number of nitrogens with zero attached hydrogens (tertiary/aromatic N) is 6. The van der Waals surface area contributed by atoms with Gasteiger partial charge in [0, 0.05) is 19.0 Å². The van der Waals surface area contributed by atoms with Gasteiger partial charge in [-0.1, -0.05) is 12.1 Å². The van der Waals surface area contributed by atoms with Crippen LogP contribution in [0.3, 0.4) is 0 Å². The minimum atomic E-state index is 0.0160. The van der Waals surface area contributed by atoms with E-state index in [1.807, 2.05) is 41.3 Å². The van der Waals surface area contributed by atoms with Crippen molar-refractivity contribution >= 4 is 27.5 Å². The average molecular weight is 420 g/mol. The molecule has 1 saturated heterocycles. The molecule has 9 heteroatoms. The predicted octanol–water partition coefficient (Wildman–Crippen LogP) is 3.06. The molecule has 2 aromatic carbocycles. The van der Waals surface area contributed by atoms with Crippen molar-refractivity contribution in [3.63, 3.8) is 0 Å². The number of hydrogen-bond acceptors (Lipinski definition) is 7. The minimum absolute atomic E-state index is 0.0160. The molecular weight excluding hydrogens is 400 g/mol. The summed E-state index contributed by atoms with van der Waals surface area (Å²) in [7, 11) is 0. The van der Waals surface area contributed by atoms with Crippen LogP contribution in [0.15, 0.2) is 54.9 Å². The molecule has 30 heavy (non-hydrogen) atoms. The Kier molecular flexibility index (Phi) is 5.10. The first-order chi connectivity index (χ1) is 14.8. The van der Waals surface area contributed by atoms with E-state index in [-0.39, 0.29) is 12.5 Å². The summed E-state index contributed by atoms with van der Waals surface area (Å²) in [5.41, 5.74) is 1.89. The molecule has 3 heterocycles. The van der Waals surface area contributed by atoms with Gasteiger partial charge in [-0.05, 0) is 59.7 Å². The largest absolute Gasteiger partial charge is 0.484 e. The SMILES string of the molecule is O=C(COc1ccc(-n2cnnn2)cc1)N1CCC(c2nc3ccccc3s2)CC1. The number of tetrazole rings is 1. The van der Waals surface area contributed by atoms with E-state index >= 15 is 0 Å². The zero-order chi connectivity index (χ0) is 20.3. The summed E-state index contributed by atoms with van der Waals surface area (Å²) < 4.78 is 8.47. The third-order valence-corrected chi connectivity index (χ3v) is 6.52. The molecule has 1 amide bonds. The quantitative estimate of drug-likeness (QED) is 0.493. The summed E-state index contributed by atoms with van der Waals surface area (Å²) in [6, 6.07) is 15.5. The molecule has 0 saturated carbocycles. The van der Waals surface area contributed by atoms with Crippen LogP contribution in [-0.4, -0.2) is 55.7 Å². The van der Waals surface area contributed by atoms with Crippen molar-refractivity contribution in [1.82, 2.24) is 30.1 Å². The van der Waals surface area contributed by atoms with Gasteiger partial charge in [0.2, 0.25) is 0 Å². The molecule has 5 rings (SSSR count). The smallest absolute Gasteiger partial charge is 0.260 e. The van der Waals surface area contributed by atoms with Crippen molar-refractivity contribution in [3.05, 3.63) is 59.9 Å². The van der Waals surface area contributed by atoms with Gasteiger partial charge in [0.05, 0.1) is 20.9 Å². The van der Waals surface area contributed by atoms with E-state index in [9.17, 15) is 4.79 Å². The first kappa shape index (κ1) is 18.7. The number of piperidine rings is 1. The number of carbonyl (C=O) groups is 1. The zero-order valence-corrected chi connectivity index (χ0v) is 17.0. The highest BCUT2D eigenvalue weighted by atomic mass is 32.1. The number of aromatic nitrogens is 5. The summed E-state index contributed by atoms with van der Waals surface area (Å²) in [6.07, 6.45) is 3.40. The van der Waals surface area contributed by atoms with Crippen molar-refractivity contribution in [1.29, 1.82) is 0 Å². The number of para-hydroxylation sites is 1. The lowest BCUT2D eigenvalue weighted by Gasteiger charge is -2.31. The Balaban J connectivity index is 1.13. The van der Waals surface area contributed by atoms with Gasteiger partial charge in [-0.25, -0.2) is 9.67 Å². The van der Waals surface area contributed by atoms with Crippen LogP contribution in [0.25, 0.3) is 15.9 Å². The Bertz CT molecular complexity index is 1100. The summed E-state index contributed by atoms with van der Waals surface area (Å²) in [5, 5.41) is 12.3. The Hall–Kier alpha value is -3.33. The molecule has 1 aliphatic heterocycles. The van der Waals surface area contributed by atoms with Crippen LogP contribution in [0.5, 0.6) is 5.75 Å². The number of hydrogen-bond donors (Lipinski definition) is 0. The molecule has 0 bridgehead atoms. The highest BCUT2D eigenvalue weighted by Gasteiger charge is 2.26. The number of thiazole rings is 1. The molecule has 0 radical (unpaired) electrons. The fraction of sp³-hybridized carbons (Fsp3) is 0.286. The van der Waals surface area contributed by atoms with Gasteiger partial charge in [-0.3, -0.25) is 4.79 Å². The third kappa shape index (κ3) is 3.88. The number of amides is 1. The first-order valence-electron chi connectivity index (χ1n) is 9.86. The molecule has 0 aliphatic carbocycles. The van der Waals surface area contributed by atoms with E-state index in [4.69, 9.17) is 9.72 Å². The molecule has 0 atom stereocenters. The van der Waals surface area contributed by atoms with Crippen molar-refractivity contribution in [2.45, 2.75) is 18.8 Å². The van der Waals surface area contributed by atoms with Crippen molar-refractivity contribution in [3.8, 4) is 11.4 Å². The topological polar surface area (TPSA) is 86.0 Å². The second-order valence-electron chi connectivity index (χ2n) is 7.21. The number of rotatable bonds is 5. The Morgan fingerprint density at radius 2 is 1.90 bits per heavy atom. The van der Waals surface area contributed by atoms with E-state index in [1.165, 1.54) is 16.0 Å². The van der Waals surface area contributed by atoms with Crippen molar-refractivity contribution < 1.29 is 9.53 Å². The lowest BCUT2D eigenvalue weighted by Crippen LogP contribution is -2.40. The van der Waals surface area contributed by atoms with E-state index < -0.39 is 0 Å². The normalized spacial score (nSPS) is 14.9. The first-order valence-corrected chi connectivity index (χ1v) is 10.7. The van der Waals surface area contributed by atoms with Crippen molar-refractivity contribution in [2.24, 2.45) is 0 Å². The molecule has 152 valence electrons. The molecule has 1 aliphatic rings. The number of benzene rings is 2. The lowest BCUT2D eigenvalue weighted by atomic mass is 9.97. The van der Waals surface area contributed by atoms with Gasteiger partial charge < -0.3 is 9.64 Å². The van der Waals surface area contributed by atoms with Gasteiger partial charge in [0.25, 0.3) is 5.91 Å². The summed E-state index contributed by atoms with van der Waals surface area (Å²) in [5.74, 6) is 1.08. The summed E-state index contributed by atoms with van der Waals surface area (Å²) in [6.45, 7) is 1.51. The van der Waals surface area contributed by atoms with Gasteiger partial charge >= 0.3 is 0 Å². The number of likely N-dealkylation sites (tertiary alicyclic amines) is 1. The third-order valence-electron chi connectivity index (χ3n) is 5.32. The van der Waals surface area contributed by atoms with Crippen LogP contribution < -0.4 is 4.74 Å². The Morgan fingerprint density at radius 3 is 2.63 bits per heavy atom. The molecule has 0 N–H and O–H groups in total. The second-order valence-corrected chi connectivity index (χ2v) is 8.27. The zero-order valence-electron chi connectivity index (χ0n) is 16.2. The summed E-state index contributed by atoms with van der Waals surface area (Å²) >= 11 is 1.77. The predicted molar refractivity (Wildman–Crippen MR) is 113 cm³/mol. The molecule has 2 aromatic heterocycles. The Labute approximate surface area is 177 Å². The molecule has 4 aromatic rings. The summed E-state index contributed by atoms with van der Waals surface area (Å²) in [4.78, 5) is 19.2. The van der Waals surface area contributed by atoms with Gasteiger partial charge in [0.1, 0.15) is 12.1 Å². The van der Waals surface area contributed by atoms with Gasteiger partial charge in [0.15, 0.2) is 6.61 Å². The average Bonchev–Trinajstić information content (AvgIpc) is 3.48. The fourth-order valence-corrected chi connectivity index (χ4v) is 4.79. The van der Waals surface area contributed by atoms with Crippen LogP contribution >= 0.6 is 11.3 Å². The van der Waals surface area contributed by atoms with Crippen LogP contribution in [0.4, 0.5) is 0 Å². The highest BCUT2D eigenvalue weighted by Crippen LogP contribution is 2.33. The molecular formula is C21H20N6O2S.